The molecule has 3 N–H and O–H groups in total. The van der Waals surface area contributed by atoms with Crippen LogP contribution in [0.15, 0.2) is 17.5 Å². The molecule has 0 aliphatic heterocycles. The molecule has 0 radical (unpaired) electrons. The summed E-state index contributed by atoms with van der Waals surface area (Å²) in [6.45, 7) is 2.11. The van der Waals surface area contributed by atoms with Crippen molar-refractivity contribution in [3.8, 4) is 0 Å². The minimum Gasteiger partial charge on any atom is -0.389 e. The molecule has 3 heteroatoms. The lowest BCUT2D eigenvalue weighted by molar-refractivity contribution is 0.0605. The minimum absolute atomic E-state index is 0.332. The van der Waals surface area contributed by atoms with E-state index in [1.54, 1.807) is 18.3 Å². The van der Waals surface area contributed by atoms with Gasteiger partial charge in [-0.15, -0.1) is 11.3 Å². The van der Waals surface area contributed by atoms with Crippen LogP contribution < -0.4 is 5.73 Å². The van der Waals surface area contributed by atoms with E-state index in [9.17, 15) is 5.11 Å². The molecule has 0 saturated heterocycles. The summed E-state index contributed by atoms with van der Waals surface area (Å²) in [6, 6.07) is 4.11. The van der Waals surface area contributed by atoms with Gasteiger partial charge >= 0.3 is 0 Å². The second-order valence-electron chi connectivity index (χ2n) is 3.28. The van der Waals surface area contributed by atoms with Gasteiger partial charge in [-0.05, 0) is 31.2 Å². The summed E-state index contributed by atoms with van der Waals surface area (Å²) in [7, 11) is 0. The molecular weight excluding hydrogens is 170 g/mol. The first kappa shape index (κ1) is 9.71. The summed E-state index contributed by atoms with van der Waals surface area (Å²) >= 11 is 1.72. The van der Waals surface area contributed by atoms with Crippen molar-refractivity contribution in [1.82, 2.24) is 0 Å². The molecular formula is C9H15NOS. The van der Waals surface area contributed by atoms with E-state index in [0.717, 1.165) is 12.8 Å². The molecule has 1 heterocycles. The van der Waals surface area contributed by atoms with E-state index in [2.05, 4.69) is 6.07 Å². The van der Waals surface area contributed by atoms with Crippen LogP contribution in [0.3, 0.4) is 0 Å². The van der Waals surface area contributed by atoms with Crippen molar-refractivity contribution in [2.75, 3.05) is 6.54 Å². The molecule has 0 aromatic carbocycles. The number of hydrogen-bond acceptors (Lipinski definition) is 3. The number of thiophene rings is 1. The maximum atomic E-state index is 9.60. The van der Waals surface area contributed by atoms with Gasteiger partial charge < -0.3 is 10.8 Å². The lowest BCUT2D eigenvalue weighted by atomic mass is 10.0. The average molecular weight is 185 g/mol. The Bertz CT molecular complexity index is 218. The normalized spacial score (nSPS) is 15.9. The Morgan fingerprint density at radius 2 is 2.42 bits per heavy atom. The van der Waals surface area contributed by atoms with Crippen LogP contribution in [0.1, 0.15) is 18.2 Å². The highest BCUT2D eigenvalue weighted by atomic mass is 32.1. The SMILES string of the molecule is CC(O)(CN)CCc1cccs1. The molecule has 1 unspecified atom stereocenters. The predicted octanol–water partition coefficient (Wildman–Crippen LogP) is 1.39. The Hall–Kier alpha value is -0.380. The molecule has 0 spiro atoms. The molecule has 12 heavy (non-hydrogen) atoms. The van der Waals surface area contributed by atoms with Gasteiger partial charge in [0.2, 0.25) is 0 Å². The number of rotatable bonds is 4. The quantitative estimate of drug-likeness (QED) is 0.744. The minimum atomic E-state index is -0.704. The monoisotopic (exact) mass is 185 g/mol. The zero-order valence-corrected chi connectivity index (χ0v) is 8.10. The topological polar surface area (TPSA) is 46.2 Å². The van der Waals surface area contributed by atoms with E-state index in [4.69, 9.17) is 5.73 Å². The molecule has 1 aromatic rings. The Morgan fingerprint density at radius 3 is 2.92 bits per heavy atom. The molecule has 1 aromatic heterocycles. The molecule has 2 nitrogen and oxygen atoms in total. The van der Waals surface area contributed by atoms with Crippen molar-refractivity contribution >= 4 is 11.3 Å². The van der Waals surface area contributed by atoms with Crippen molar-refractivity contribution in [3.05, 3.63) is 22.4 Å². The van der Waals surface area contributed by atoms with Crippen molar-refractivity contribution in [2.45, 2.75) is 25.4 Å². The highest BCUT2D eigenvalue weighted by Crippen LogP contribution is 2.16. The summed E-state index contributed by atoms with van der Waals surface area (Å²) in [5, 5.41) is 11.6. The Morgan fingerprint density at radius 1 is 1.67 bits per heavy atom. The molecule has 1 rings (SSSR count). The van der Waals surface area contributed by atoms with E-state index in [1.807, 2.05) is 11.4 Å². The van der Waals surface area contributed by atoms with E-state index < -0.39 is 5.60 Å². The fourth-order valence-corrected chi connectivity index (χ4v) is 1.66. The first-order valence-electron chi connectivity index (χ1n) is 4.09. The van der Waals surface area contributed by atoms with E-state index in [0.29, 0.717) is 6.54 Å². The van der Waals surface area contributed by atoms with Gasteiger partial charge in [-0.25, -0.2) is 0 Å². The van der Waals surface area contributed by atoms with Gasteiger partial charge in [-0.3, -0.25) is 0 Å². The van der Waals surface area contributed by atoms with Crippen LogP contribution in [-0.2, 0) is 6.42 Å². The molecule has 0 aliphatic carbocycles. The number of nitrogens with two attached hydrogens (primary N) is 1. The van der Waals surface area contributed by atoms with E-state index in [1.165, 1.54) is 4.88 Å². The number of aliphatic hydroxyl groups is 1. The molecule has 0 bridgehead atoms. The fraction of sp³-hybridized carbons (Fsp3) is 0.556. The van der Waals surface area contributed by atoms with Gasteiger partial charge in [0.1, 0.15) is 0 Å². The smallest absolute Gasteiger partial charge is 0.0744 e. The number of aryl methyl sites for hydroxylation is 1. The highest BCUT2D eigenvalue weighted by molar-refractivity contribution is 7.09. The first-order valence-corrected chi connectivity index (χ1v) is 4.97. The number of hydrogen-bond donors (Lipinski definition) is 2. The van der Waals surface area contributed by atoms with Gasteiger partial charge in [0, 0.05) is 11.4 Å². The van der Waals surface area contributed by atoms with Crippen LogP contribution in [0.5, 0.6) is 0 Å². The van der Waals surface area contributed by atoms with Crippen molar-refractivity contribution in [2.24, 2.45) is 5.73 Å². The maximum Gasteiger partial charge on any atom is 0.0744 e. The highest BCUT2D eigenvalue weighted by Gasteiger charge is 2.17. The summed E-state index contributed by atoms with van der Waals surface area (Å²) in [5.74, 6) is 0. The van der Waals surface area contributed by atoms with E-state index >= 15 is 0 Å². The van der Waals surface area contributed by atoms with E-state index in [-0.39, 0.29) is 0 Å². The summed E-state index contributed by atoms with van der Waals surface area (Å²) in [4.78, 5) is 1.31. The maximum absolute atomic E-state index is 9.60. The lowest BCUT2D eigenvalue weighted by Crippen LogP contribution is -2.34. The first-order chi connectivity index (χ1) is 5.64. The summed E-state index contributed by atoms with van der Waals surface area (Å²) < 4.78 is 0. The molecule has 0 aliphatic rings. The van der Waals surface area contributed by atoms with Crippen LogP contribution in [0.25, 0.3) is 0 Å². The third-order valence-corrected chi connectivity index (χ3v) is 2.87. The third-order valence-electron chi connectivity index (χ3n) is 1.93. The zero-order valence-electron chi connectivity index (χ0n) is 7.29. The predicted molar refractivity (Wildman–Crippen MR) is 52.3 cm³/mol. The second kappa shape index (κ2) is 4.03. The van der Waals surface area contributed by atoms with Gasteiger partial charge in [-0.1, -0.05) is 6.07 Å². The molecule has 0 fully saturated rings. The summed E-state index contributed by atoms with van der Waals surface area (Å²) in [5.41, 5.74) is 4.69. The molecule has 0 saturated carbocycles. The van der Waals surface area contributed by atoms with Gasteiger partial charge in [0.15, 0.2) is 0 Å². The molecule has 1 atom stereocenters. The van der Waals surface area contributed by atoms with Crippen LogP contribution in [0.2, 0.25) is 0 Å². The fourth-order valence-electron chi connectivity index (χ4n) is 0.949. The van der Waals surface area contributed by atoms with Crippen molar-refractivity contribution in [3.63, 3.8) is 0 Å². The Kier molecular flexibility index (Phi) is 3.26. The van der Waals surface area contributed by atoms with Crippen LogP contribution in [0, 0.1) is 0 Å². The van der Waals surface area contributed by atoms with Crippen LogP contribution >= 0.6 is 11.3 Å². The zero-order chi connectivity index (χ0) is 9.03. The molecule has 68 valence electrons. The van der Waals surface area contributed by atoms with Crippen molar-refractivity contribution < 1.29 is 5.11 Å². The van der Waals surface area contributed by atoms with Crippen molar-refractivity contribution in [1.29, 1.82) is 0 Å². The van der Waals surface area contributed by atoms with Crippen LogP contribution in [0.4, 0.5) is 0 Å². The third kappa shape index (κ3) is 2.93. The van der Waals surface area contributed by atoms with Gasteiger partial charge in [-0.2, -0.15) is 0 Å². The second-order valence-corrected chi connectivity index (χ2v) is 4.31. The Balaban J connectivity index is 2.36. The van der Waals surface area contributed by atoms with Gasteiger partial charge in [0.05, 0.1) is 5.60 Å². The average Bonchev–Trinajstić information content (AvgIpc) is 2.53. The Labute approximate surface area is 77.0 Å². The van der Waals surface area contributed by atoms with Gasteiger partial charge in [0.25, 0.3) is 0 Å². The van der Waals surface area contributed by atoms with Crippen LogP contribution in [-0.4, -0.2) is 17.3 Å². The standard InChI is InChI=1S/C9H15NOS/c1-9(11,7-10)5-4-8-3-2-6-12-8/h2-3,6,11H,4-5,7,10H2,1H3. The lowest BCUT2D eigenvalue weighted by Gasteiger charge is -2.19. The summed E-state index contributed by atoms with van der Waals surface area (Å²) in [6.07, 6.45) is 1.66. The molecule has 0 amide bonds. The largest absolute Gasteiger partial charge is 0.389 e.